The van der Waals surface area contributed by atoms with Crippen molar-refractivity contribution in [1.82, 2.24) is 10.3 Å². The molecule has 2 rings (SSSR count). The van der Waals surface area contributed by atoms with E-state index in [0.29, 0.717) is 17.2 Å². The average molecular weight is 364 g/mol. The van der Waals surface area contributed by atoms with Gasteiger partial charge in [0.2, 0.25) is 5.91 Å². The van der Waals surface area contributed by atoms with Gasteiger partial charge in [-0.3, -0.25) is 4.79 Å². The smallest absolute Gasteiger partial charge is 0.226 e. The lowest BCUT2D eigenvalue weighted by molar-refractivity contribution is -0.121. The van der Waals surface area contributed by atoms with Crippen LogP contribution in [0.4, 0.5) is 0 Å². The summed E-state index contributed by atoms with van der Waals surface area (Å²) in [6.45, 7) is 3.84. The Morgan fingerprint density at radius 2 is 2.00 bits per heavy atom. The Kier molecular flexibility index (Phi) is 6.78. The first-order chi connectivity index (χ1) is 12.0. The summed E-state index contributed by atoms with van der Waals surface area (Å²) in [5.74, 6) is 1.33. The second-order valence-electron chi connectivity index (χ2n) is 5.99. The van der Waals surface area contributed by atoms with Crippen LogP contribution in [0.1, 0.15) is 19.5 Å². The molecule has 6 nitrogen and oxygen atoms in total. The van der Waals surface area contributed by atoms with Crippen molar-refractivity contribution in [2.45, 2.75) is 26.3 Å². The number of hydrogen-bond acceptors (Lipinski definition) is 6. The lowest BCUT2D eigenvalue weighted by atomic mass is 10.1. The maximum atomic E-state index is 12.1. The number of aliphatic hydroxyl groups excluding tert-OH is 1. The number of rotatable bonds is 8. The zero-order chi connectivity index (χ0) is 18.4. The first-order valence-electron chi connectivity index (χ1n) is 8.05. The monoisotopic (exact) mass is 364 g/mol. The van der Waals surface area contributed by atoms with Crippen molar-refractivity contribution in [2.24, 2.45) is 5.92 Å². The van der Waals surface area contributed by atoms with Gasteiger partial charge in [-0.15, -0.1) is 11.3 Å². The molecule has 0 fully saturated rings. The molecule has 0 aliphatic carbocycles. The van der Waals surface area contributed by atoms with Crippen LogP contribution in [0.15, 0.2) is 23.6 Å². The van der Waals surface area contributed by atoms with E-state index in [4.69, 9.17) is 9.47 Å². The van der Waals surface area contributed by atoms with Crippen LogP contribution in [-0.4, -0.2) is 42.9 Å². The molecule has 1 heterocycles. The number of nitrogens with one attached hydrogen (secondary N) is 1. The molecule has 0 saturated heterocycles. The predicted molar refractivity (Wildman–Crippen MR) is 98.2 cm³/mol. The number of nitrogens with zero attached hydrogens (tertiary/aromatic N) is 1. The molecule has 0 aliphatic heterocycles. The molecule has 7 heteroatoms. The van der Waals surface area contributed by atoms with Gasteiger partial charge in [0.1, 0.15) is 5.01 Å². The van der Waals surface area contributed by atoms with Gasteiger partial charge in [0.05, 0.1) is 39.0 Å². The van der Waals surface area contributed by atoms with Gasteiger partial charge in [-0.25, -0.2) is 4.98 Å². The topological polar surface area (TPSA) is 80.7 Å². The molecule has 25 heavy (non-hydrogen) atoms. The SMILES string of the molecule is COc1ccc(-c2nc(CC(=O)NC(CO)C(C)C)cs2)cc1OC. The van der Waals surface area contributed by atoms with E-state index < -0.39 is 0 Å². The Hall–Kier alpha value is -2.12. The van der Waals surface area contributed by atoms with E-state index in [1.54, 1.807) is 14.2 Å². The molecule has 1 atom stereocenters. The van der Waals surface area contributed by atoms with E-state index in [9.17, 15) is 9.90 Å². The van der Waals surface area contributed by atoms with Crippen molar-refractivity contribution < 1.29 is 19.4 Å². The minimum absolute atomic E-state index is 0.0721. The van der Waals surface area contributed by atoms with Crippen molar-refractivity contribution in [3.05, 3.63) is 29.3 Å². The van der Waals surface area contributed by atoms with Crippen LogP contribution in [0.5, 0.6) is 11.5 Å². The highest BCUT2D eigenvalue weighted by molar-refractivity contribution is 7.13. The van der Waals surface area contributed by atoms with E-state index in [2.05, 4.69) is 10.3 Å². The fourth-order valence-electron chi connectivity index (χ4n) is 2.34. The maximum Gasteiger partial charge on any atom is 0.226 e. The van der Waals surface area contributed by atoms with Gasteiger partial charge < -0.3 is 19.9 Å². The molecular weight excluding hydrogens is 340 g/mol. The highest BCUT2D eigenvalue weighted by Gasteiger charge is 2.16. The Morgan fingerprint density at radius 1 is 1.28 bits per heavy atom. The van der Waals surface area contributed by atoms with E-state index in [1.165, 1.54) is 11.3 Å². The predicted octanol–water partition coefficient (Wildman–Crippen LogP) is 2.50. The van der Waals surface area contributed by atoms with Crippen LogP contribution in [0.25, 0.3) is 10.6 Å². The molecule has 0 bridgehead atoms. The standard InChI is InChI=1S/C18H24N2O4S/c1-11(2)14(9-21)20-17(22)8-13-10-25-18(19-13)12-5-6-15(23-3)16(7-12)24-4/h5-7,10-11,14,21H,8-9H2,1-4H3,(H,20,22). The molecule has 1 unspecified atom stereocenters. The number of carbonyl (C=O) groups is 1. The quantitative estimate of drug-likeness (QED) is 0.752. The third kappa shape index (κ3) is 4.93. The summed E-state index contributed by atoms with van der Waals surface area (Å²) in [6.07, 6.45) is 0.188. The van der Waals surface area contributed by atoms with Gasteiger partial charge in [0, 0.05) is 10.9 Å². The zero-order valence-corrected chi connectivity index (χ0v) is 15.7. The summed E-state index contributed by atoms with van der Waals surface area (Å²) in [5, 5.41) is 14.8. The number of carbonyl (C=O) groups excluding carboxylic acids is 1. The summed E-state index contributed by atoms with van der Waals surface area (Å²) in [4.78, 5) is 16.6. The van der Waals surface area contributed by atoms with Gasteiger partial charge >= 0.3 is 0 Å². The molecule has 0 radical (unpaired) electrons. The van der Waals surface area contributed by atoms with Crippen LogP contribution < -0.4 is 14.8 Å². The lowest BCUT2D eigenvalue weighted by Crippen LogP contribution is -2.41. The molecule has 2 aromatic rings. The molecular formula is C18H24N2O4S. The minimum Gasteiger partial charge on any atom is -0.493 e. The van der Waals surface area contributed by atoms with Gasteiger partial charge in [0.25, 0.3) is 0 Å². The third-order valence-electron chi connectivity index (χ3n) is 3.87. The number of hydrogen-bond donors (Lipinski definition) is 2. The Bertz CT molecular complexity index is 715. The number of aromatic nitrogens is 1. The van der Waals surface area contributed by atoms with Crippen molar-refractivity contribution in [1.29, 1.82) is 0 Å². The molecule has 0 saturated carbocycles. The second-order valence-corrected chi connectivity index (χ2v) is 6.85. The van der Waals surface area contributed by atoms with Crippen LogP contribution in [-0.2, 0) is 11.2 Å². The van der Waals surface area contributed by atoms with Gasteiger partial charge in [0.15, 0.2) is 11.5 Å². The Morgan fingerprint density at radius 3 is 2.60 bits per heavy atom. The highest BCUT2D eigenvalue weighted by Crippen LogP contribution is 2.33. The molecule has 0 spiro atoms. The minimum atomic E-state index is -0.239. The van der Waals surface area contributed by atoms with E-state index in [-0.39, 0.29) is 30.9 Å². The molecule has 1 aromatic carbocycles. The van der Waals surface area contributed by atoms with E-state index in [1.807, 2.05) is 37.4 Å². The second kappa shape index (κ2) is 8.82. The fraction of sp³-hybridized carbons (Fsp3) is 0.444. The maximum absolute atomic E-state index is 12.1. The Labute approximate surface area is 151 Å². The average Bonchev–Trinajstić information content (AvgIpc) is 3.07. The summed E-state index contributed by atoms with van der Waals surface area (Å²) in [6, 6.07) is 5.36. The normalized spacial score (nSPS) is 12.1. The first-order valence-corrected chi connectivity index (χ1v) is 8.93. The summed E-state index contributed by atoms with van der Waals surface area (Å²) in [7, 11) is 3.18. The Balaban J connectivity index is 2.08. The number of ether oxygens (including phenoxy) is 2. The number of aliphatic hydroxyl groups is 1. The van der Waals surface area contributed by atoms with Crippen LogP contribution in [0.3, 0.4) is 0 Å². The molecule has 1 aromatic heterocycles. The summed E-state index contributed by atoms with van der Waals surface area (Å²) < 4.78 is 10.5. The number of benzene rings is 1. The summed E-state index contributed by atoms with van der Waals surface area (Å²) >= 11 is 1.47. The van der Waals surface area contributed by atoms with Gasteiger partial charge in [-0.1, -0.05) is 13.8 Å². The van der Waals surface area contributed by atoms with Crippen molar-refractivity contribution in [3.8, 4) is 22.1 Å². The fourth-order valence-corrected chi connectivity index (χ4v) is 3.15. The van der Waals surface area contributed by atoms with E-state index in [0.717, 1.165) is 10.6 Å². The zero-order valence-electron chi connectivity index (χ0n) is 14.9. The van der Waals surface area contributed by atoms with Crippen molar-refractivity contribution in [3.63, 3.8) is 0 Å². The third-order valence-corrected chi connectivity index (χ3v) is 4.81. The van der Waals surface area contributed by atoms with E-state index >= 15 is 0 Å². The van der Waals surface area contributed by atoms with Gasteiger partial charge in [-0.2, -0.15) is 0 Å². The number of amides is 1. The largest absolute Gasteiger partial charge is 0.493 e. The van der Waals surface area contributed by atoms with Crippen LogP contribution in [0.2, 0.25) is 0 Å². The number of methoxy groups -OCH3 is 2. The molecule has 2 N–H and O–H groups in total. The highest BCUT2D eigenvalue weighted by atomic mass is 32.1. The van der Waals surface area contributed by atoms with Crippen LogP contribution >= 0.6 is 11.3 Å². The summed E-state index contributed by atoms with van der Waals surface area (Å²) in [5.41, 5.74) is 1.61. The molecule has 136 valence electrons. The van der Waals surface area contributed by atoms with Gasteiger partial charge in [-0.05, 0) is 24.1 Å². The molecule has 0 aliphatic rings. The molecule has 1 amide bonds. The first kappa shape index (κ1) is 19.2. The lowest BCUT2D eigenvalue weighted by Gasteiger charge is -2.19. The number of thiazole rings is 1. The van der Waals surface area contributed by atoms with Crippen LogP contribution in [0, 0.1) is 5.92 Å². The van der Waals surface area contributed by atoms with Crippen molar-refractivity contribution >= 4 is 17.2 Å². The van der Waals surface area contributed by atoms with Crippen molar-refractivity contribution in [2.75, 3.05) is 20.8 Å².